The number of benzene rings is 1. The van der Waals surface area contributed by atoms with E-state index in [1.807, 2.05) is 6.92 Å². The molecule has 0 aliphatic rings. The van der Waals surface area contributed by atoms with E-state index in [-0.39, 0.29) is 6.04 Å². The van der Waals surface area contributed by atoms with E-state index in [0.29, 0.717) is 0 Å². The van der Waals surface area contributed by atoms with E-state index < -0.39 is 0 Å². The number of halogens is 1. The first-order valence-electron chi connectivity index (χ1n) is 6.18. The summed E-state index contributed by atoms with van der Waals surface area (Å²) in [5.41, 5.74) is 11.0. The van der Waals surface area contributed by atoms with Crippen molar-refractivity contribution in [3.63, 3.8) is 0 Å². The zero-order valence-corrected chi connectivity index (χ0v) is 12.7. The highest BCUT2D eigenvalue weighted by Crippen LogP contribution is 2.23. The molecule has 18 heavy (non-hydrogen) atoms. The largest absolute Gasteiger partial charge is 0.328 e. The van der Waals surface area contributed by atoms with Crippen molar-refractivity contribution in [2.75, 3.05) is 0 Å². The SMILES string of the molecule is Cc1cc(CC(C)N)c(C)n1-c1ccc(Br)cc1. The minimum Gasteiger partial charge on any atom is -0.328 e. The Bertz CT molecular complexity index is 538. The molecule has 0 saturated heterocycles. The molecule has 2 aromatic rings. The topological polar surface area (TPSA) is 30.9 Å². The second-order valence-corrected chi connectivity index (χ2v) is 5.81. The molecular weight excluding hydrogens is 288 g/mol. The molecule has 0 saturated carbocycles. The van der Waals surface area contributed by atoms with Gasteiger partial charge in [0.25, 0.3) is 0 Å². The number of nitrogens with two attached hydrogens (primary N) is 1. The molecule has 0 aliphatic heterocycles. The summed E-state index contributed by atoms with van der Waals surface area (Å²) in [7, 11) is 0. The van der Waals surface area contributed by atoms with Crippen molar-refractivity contribution < 1.29 is 0 Å². The fraction of sp³-hybridized carbons (Fsp3) is 0.333. The van der Waals surface area contributed by atoms with Crippen molar-refractivity contribution in [1.82, 2.24) is 4.57 Å². The van der Waals surface area contributed by atoms with Crippen molar-refractivity contribution in [1.29, 1.82) is 0 Å². The molecule has 1 aromatic heterocycles. The normalized spacial score (nSPS) is 12.7. The van der Waals surface area contributed by atoms with Crippen LogP contribution >= 0.6 is 15.9 Å². The van der Waals surface area contributed by atoms with Crippen LogP contribution in [-0.4, -0.2) is 10.6 Å². The van der Waals surface area contributed by atoms with E-state index in [2.05, 4.69) is 64.7 Å². The first-order chi connectivity index (χ1) is 8.49. The fourth-order valence-corrected chi connectivity index (χ4v) is 2.63. The van der Waals surface area contributed by atoms with Gasteiger partial charge in [0.2, 0.25) is 0 Å². The lowest BCUT2D eigenvalue weighted by Gasteiger charge is -2.11. The lowest BCUT2D eigenvalue weighted by molar-refractivity contribution is 0.733. The number of hydrogen-bond donors (Lipinski definition) is 1. The van der Waals surface area contributed by atoms with Gasteiger partial charge in [-0.15, -0.1) is 0 Å². The molecule has 2 rings (SSSR count). The summed E-state index contributed by atoms with van der Waals surface area (Å²) in [5.74, 6) is 0. The highest BCUT2D eigenvalue weighted by molar-refractivity contribution is 9.10. The highest BCUT2D eigenvalue weighted by Gasteiger charge is 2.11. The molecule has 0 spiro atoms. The highest BCUT2D eigenvalue weighted by atomic mass is 79.9. The van der Waals surface area contributed by atoms with Crippen LogP contribution in [-0.2, 0) is 6.42 Å². The van der Waals surface area contributed by atoms with Crippen molar-refractivity contribution >= 4 is 15.9 Å². The van der Waals surface area contributed by atoms with Crippen molar-refractivity contribution in [3.05, 3.63) is 51.8 Å². The number of nitrogens with zero attached hydrogens (tertiary/aromatic N) is 1. The minimum atomic E-state index is 0.198. The van der Waals surface area contributed by atoms with Crippen LogP contribution in [0.1, 0.15) is 23.9 Å². The summed E-state index contributed by atoms with van der Waals surface area (Å²) in [6.07, 6.45) is 0.927. The Balaban J connectivity index is 2.45. The molecule has 0 aliphatic carbocycles. The second kappa shape index (κ2) is 5.29. The molecule has 1 aromatic carbocycles. The van der Waals surface area contributed by atoms with Crippen molar-refractivity contribution in [3.8, 4) is 5.69 Å². The molecule has 1 atom stereocenters. The molecule has 0 bridgehead atoms. The third-order valence-electron chi connectivity index (χ3n) is 3.16. The van der Waals surface area contributed by atoms with Gasteiger partial charge in [0.05, 0.1) is 0 Å². The lowest BCUT2D eigenvalue weighted by atomic mass is 10.1. The van der Waals surface area contributed by atoms with Gasteiger partial charge in [0.15, 0.2) is 0 Å². The van der Waals surface area contributed by atoms with E-state index in [1.54, 1.807) is 0 Å². The number of aryl methyl sites for hydroxylation is 1. The zero-order chi connectivity index (χ0) is 13.3. The molecule has 0 fully saturated rings. The zero-order valence-electron chi connectivity index (χ0n) is 11.1. The van der Waals surface area contributed by atoms with Gasteiger partial charge in [0, 0.05) is 27.6 Å². The van der Waals surface area contributed by atoms with Crippen LogP contribution in [0.3, 0.4) is 0 Å². The molecule has 0 radical (unpaired) electrons. The van der Waals surface area contributed by atoms with Gasteiger partial charge in [0.1, 0.15) is 0 Å². The molecular formula is C15H19BrN2. The fourth-order valence-electron chi connectivity index (χ4n) is 2.37. The Hall–Kier alpha value is -1.06. The standard InChI is InChI=1S/C15H19BrN2/c1-10(17)8-13-9-11(2)18(12(13)3)15-6-4-14(16)5-7-15/h4-7,9-10H,8,17H2,1-3H3. The number of rotatable bonds is 3. The monoisotopic (exact) mass is 306 g/mol. The summed E-state index contributed by atoms with van der Waals surface area (Å²) < 4.78 is 3.38. The van der Waals surface area contributed by atoms with E-state index in [0.717, 1.165) is 10.9 Å². The average molecular weight is 307 g/mol. The third-order valence-corrected chi connectivity index (χ3v) is 3.69. The summed E-state index contributed by atoms with van der Waals surface area (Å²) >= 11 is 3.47. The van der Waals surface area contributed by atoms with Crippen LogP contribution in [0.4, 0.5) is 0 Å². The number of aromatic nitrogens is 1. The van der Waals surface area contributed by atoms with E-state index in [4.69, 9.17) is 5.73 Å². The maximum absolute atomic E-state index is 5.90. The molecule has 2 nitrogen and oxygen atoms in total. The minimum absolute atomic E-state index is 0.198. The van der Waals surface area contributed by atoms with Gasteiger partial charge in [-0.25, -0.2) is 0 Å². The summed E-state index contributed by atoms with van der Waals surface area (Å²) in [6, 6.07) is 10.8. The van der Waals surface area contributed by atoms with Crippen LogP contribution in [0.2, 0.25) is 0 Å². The Kier molecular flexibility index (Phi) is 3.93. The van der Waals surface area contributed by atoms with Gasteiger partial charge in [-0.3, -0.25) is 0 Å². The van der Waals surface area contributed by atoms with Crippen LogP contribution < -0.4 is 5.73 Å². The molecule has 1 heterocycles. The van der Waals surface area contributed by atoms with Crippen LogP contribution in [0.25, 0.3) is 5.69 Å². The van der Waals surface area contributed by atoms with Gasteiger partial charge in [-0.05, 0) is 63.1 Å². The molecule has 96 valence electrons. The summed E-state index contributed by atoms with van der Waals surface area (Å²) in [6.45, 7) is 6.35. The van der Waals surface area contributed by atoms with Crippen molar-refractivity contribution in [2.24, 2.45) is 5.73 Å². The molecule has 2 N–H and O–H groups in total. The second-order valence-electron chi connectivity index (χ2n) is 4.89. The average Bonchev–Trinajstić information content (AvgIpc) is 2.55. The third kappa shape index (κ3) is 2.68. The van der Waals surface area contributed by atoms with Gasteiger partial charge >= 0.3 is 0 Å². The van der Waals surface area contributed by atoms with Gasteiger partial charge in [-0.1, -0.05) is 15.9 Å². The van der Waals surface area contributed by atoms with Crippen LogP contribution in [0.15, 0.2) is 34.8 Å². The van der Waals surface area contributed by atoms with E-state index >= 15 is 0 Å². The summed E-state index contributed by atoms with van der Waals surface area (Å²) in [5, 5.41) is 0. The predicted molar refractivity (Wildman–Crippen MR) is 80.3 cm³/mol. The predicted octanol–water partition coefficient (Wildman–Crippen LogP) is 3.75. The first-order valence-corrected chi connectivity index (χ1v) is 6.97. The number of hydrogen-bond acceptors (Lipinski definition) is 1. The Morgan fingerprint density at radius 2 is 1.83 bits per heavy atom. The Labute approximate surface area is 117 Å². The lowest BCUT2D eigenvalue weighted by Crippen LogP contribution is -2.18. The smallest absolute Gasteiger partial charge is 0.0455 e. The summed E-state index contributed by atoms with van der Waals surface area (Å²) in [4.78, 5) is 0. The molecule has 3 heteroatoms. The maximum Gasteiger partial charge on any atom is 0.0455 e. The van der Waals surface area contributed by atoms with Gasteiger partial charge in [-0.2, -0.15) is 0 Å². The Morgan fingerprint density at radius 1 is 1.22 bits per heavy atom. The molecule has 1 unspecified atom stereocenters. The first kappa shape index (κ1) is 13.4. The van der Waals surface area contributed by atoms with Gasteiger partial charge < -0.3 is 10.3 Å². The van der Waals surface area contributed by atoms with Crippen LogP contribution in [0, 0.1) is 13.8 Å². The Morgan fingerprint density at radius 3 is 2.39 bits per heavy atom. The molecule has 0 amide bonds. The van der Waals surface area contributed by atoms with Crippen LogP contribution in [0.5, 0.6) is 0 Å². The maximum atomic E-state index is 5.90. The quantitative estimate of drug-likeness (QED) is 0.920. The van der Waals surface area contributed by atoms with E-state index in [9.17, 15) is 0 Å². The van der Waals surface area contributed by atoms with Crippen molar-refractivity contribution in [2.45, 2.75) is 33.2 Å². The van der Waals surface area contributed by atoms with E-state index in [1.165, 1.54) is 22.6 Å².